The molecule has 0 aliphatic carbocycles. The Hall–Kier alpha value is -0.810. The van der Waals surface area contributed by atoms with Crippen molar-refractivity contribution in [3.05, 3.63) is 50.5 Å². The van der Waals surface area contributed by atoms with Crippen LogP contribution in [0.1, 0.15) is 11.3 Å². The zero-order valence-electron chi connectivity index (χ0n) is 9.06. The molecular weight excluding hydrogens is 353 g/mol. The zero-order chi connectivity index (χ0) is 12.4. The van der Waals surface area contributed by atoms with Gasteiger partial charge in [0.25, 0.3) is 0 Å². The first-order chi connectivity index (χ1) is 8.08. The van der Waals surface area contributed by atoms with E-state index in [1.807, 2.05) is 19.1 Å². The third kappa shape index (κ3) is 2.90. The molecule has 2 rings (SSSR count). The molecule has 0 unspecified atom stereocenters. The summed E-state index contributed by atoms with van der Waals surface area (Å²) >= 11 is 6.58. The van der Waals surface area contributed by atoms with Crippen LogP contribution in [0.4, 0.5) is 10.1 Å². The fourth-order valence-corrected chi connectivity index (χ4v) is 2.17. The van der Waals surface area contributed by atoms with E-state index in [4.69, 9.17) is 4.42 Å². The number of furan rings is 1. The van der Waals surface area contributed by atoms with Gasteiger partial charge in [0.1, 0.15) is 11.6 Å². The van der Waals surface area contributed by atoms with E-state index < -0.39 is 0 Å². The summed E-state index contributed by atoms with van der Waals surface area (Å²) in [4.78, 5) is 0. The van der Waals surface area contributed by atoms with Crippen molar-refractivity contribution in [3.63, 3.8) is 0 Å². The van der Waals surface area contributed by atoms with Crippen LogP contribution in [0.5, 0.6) is 0 Å². The molecule has 0 saturated heterocycles. The number of aryl methyl sites for hydroxylation is 1. The van der Waals surface area contributed by atoms with Gasteiger partial charge in [-0.05, 0) is 56.5 Å². The van der Waals surface area contributed by atoms with Gasteiger partial charge in [0.05, 0.1) is 16.7 Å². The fraction of sp³-hybridized carbons (Fsp3) is 0.167. The lowest BCUT2D eigenvalue weighted by Crippen LogP contribution is -2.02. The smallest absolute Gasteiger partial charge is 0.183 e. The molecule has 0 fully saturated rings. The molecule has 0 bridgehead atoms. The zero-order valence-corrected chi connectivity index (χ0v) is 12.2. The van der Waals surface area contributed by atoms with Gasteiger partial charge in [-0.25, -0.2) is 4.39 Å². The van der Waals surface area contributed by atoms with Gasteiger partial charge in [0, 0.05) is 0 Å². The fourth-order valence-electron chi connectivity index (χ4n) is 1.51. The van der Waals surface area contributed by atoms with Crippen molar-refractivity contribution >= 4 is 37.5 Å². The summed E-state index contributed by atoms with van der Waals surface area (Å²) < 4.78 is 20.4. The predicted molar refractivity (Wildman–Crippen MR) is 72.6 cm³/mol. The van der Waals surface area contributed by atoms with Gasteiger partial charge in [-0.2, -0.15) is 0 Å². The first-order valence-corrected chi connectivity index (χ1v) is 6.59. The Morgan fingerprint density at radius 2 is 2.12 bits per heavy atom. The summed E-state index contributed by atoms with van der Waals surface area (Å²) in [6.45, 7) is 2.30. The molecular formula is C12H10Br2FNO. The molecule has 2 aromatic rings. The number of halogens is 3. The largest absolute Gasteiger partial charge is 0.451 e. The SMILES string of the molecule is Cc1cccc(F)c1NCc1cc(Br)c(Br)o1. The van der Waals surface area contributed by atoms with E-state index in [0.29, 0.717) is 16.9 Å². The second-order valence-electron chi connectivity index (χ2n) is 3.62. The van der Waals surface area contributed by atoms with Crippen LogP contribution in [0.15, 0.2) is 37.8 Å². The quantitative estimate of drug-likeness (QED) is 0.843. The Bertz CT molecular complexity index is 500. The second-order valence-corrected chi connectivity index (χ2v) is 5.19. The minimum atomic E-state index is -0.255. The number of hydrogen-bond donors (Lipinski definition) is 1. The summed E-state index contributed by atoms with van der Waals surface area (Å²) in [6, 6.07) is 6.83. The van der Waals surface area contributed by atoms with E-state index in [2.05, 4.69) is 37.2 Å². The first-order valence-electron chi connectivity index (χ1n) is 5.00. The second kappa shape index (κ2) is 5.23. The van der Waals surface area contributed by atoms with E-state index in [9.17, 15) is 4.39 Å². The van der Waals surface area contributed by atoms with Gasteiger partial charge >= 0.3 is 0 Å². The van der Waals surface area contributed by atoms with Crippen molar-refractivity contribution < 1.29 is 8.81 Å². The first kappa shape index (κ1) is 12.6. The molecule has 5 heteroatoms. The van der Waals surface area contributed by atoms with Crippen LogP contribution >= 0.6 is 31.9 Å². The lowest BCUT2D eigenvalue weighted by molar-refractivity contribution is 0.493. The average Bonchev–Trinajstić information content (AvgIpc) is 2.58. The normalized spacial score (nSPS) is 10.6. The van der Waals surface area contributed by atoms with Gasteiger partial charge in [-0.3, -0.25) is 0 Å². The van der Waals surface area contributed by atoms with Crippen molar-refractivity contribution in [2.75, 3.05) is 5.32 Å². The monoisotopic (exact) mass is 361 g/mol. The highest BCUT2D eigenvalue weighted by atomic mass is 79.9. The van der Waals surface area contributed by atoms with Crippen LogP contribution in [-0.2, 0) is 6.54 Å². The maximum atomic E-state index is 13.5. The Balaban J connectivity index is 2.12. The summed E-state index contributed by atoms with van der Waals surface area (Å²) in [5.74, 6) is 0.473. The number of anilines is 1. The molecule has 0 radical (unpaired) electrons. The van der Waals surface area contributed by atoms with E-state index >= 15 is 0 Å². The molecule has 1 aromatic carbocycles. The summed E-state index contributed by atoms with van der Waals surface area (Å²) in [7, 11) is 0. The number of benzene rings is 1. The number of hydrogen-bond acceptors (Lipinski definition) is 2. The summed E-state index contributed by atoms with van der Waals surface area (Å²) in [5.41, 5.74) is 1.38. The highest BCUT2D eigenvalue weighted by molar-refractivity contribution is 9.13. The standard InChI is InChI=1S/C12H10Br2FNO/c1-7-3-2-4-10(15)11(7)16-6-8-5-9(13)12(14)17-8/h2-5,16H,6H2,1H3. The van der Waals surface area contributed by atoms with Crippen LogP contribution in [0.25, 0.3) is 0 Å². The topological polar surface area (TPSA) is 25.2 Å². The Morgan fingerprint density at radius 1 is 1.35 bits per heavy atom. The molecule has 0 amide bonds. The van der Waals surface area contributed by atoms with Crippen LogP contribution in [-0.4, -0.2) is 0 Å². The molecule has 0 aliphatic rings. The molecule has 1 aromatic heterocycles. The minimum Gasteiger partial charge on any atom is -0.451 e. The molecule has 0 spiro atoms. The van der Waals surface area contributed by atoms with Crippen molar-refractivity contribution in [1.82, 2.24) is 0 Å². The Labute approximate surface area is 115 Å². The highest BCUT2D eigenvalue weighted by Gasteiger charge is 2.08. The third-order valence-electron chi connectivity index (χ3n) is 2.36. The summed E-state index contributed by atoms with van der Waals surface area (Å²) in [6.07, 6.45) is 0. The van der Waals surface area contributed by atoms with Crippen molar-refractivity contribution in [2.24, 2.45) is 0 Å². The maximum Gasteiger partial charge on any atom is 0.183 e. The number of nitrogens with one attached hydrogen (secondary N) is 1. The molecule has 1 heterocycles. The molecule has 0 saturated carbocycles. The van der Waals surface area contributed by atoms with Crippen LogP contribution < -0.4 is 5.32 Å². The highest BCUT2D eigenvalue weighted by Crippen LogP contribution is 2.27. The van der Waals surface area contributed by atoms with Crippen molar-refractivity contribution in [2.45, 2.75) is 13.5 Å². The summed E-state index contributed by atoms with van der Waals surface area (Å²) in [5, 5.41) is 3.03. The maximum absolute atomic E-state index is 13.5. The lowest BCUT2D eigenvalue weighted by Gasteiger charge is -2.08. The molecule has 0 atom stereocenters. The molecule has 17 heavy (non-hydrogen) atoms. The predicted octanol–water partition coefficient (Wildman–Crippen LogP) is 4.86. The van der Waals surface area contributed by atoms with Crippen LogP contribution in [0, 0.1) is 12.7 Å². The van der Waals surface area contributed by atoms with E-state index in [-0.39, 0.29) is 5.82 Å². The lowest BCUT2D eigenvalue weighted by atomic mass is 10.2. The van der Waals surface area contributed by atoms with Gasteiger partial charge in [-0.15, -0.1) is 0 Å². The molecule has 1 N–H and O–H groups in total. The van der Waals surface area contributed by atoms with Gasteiger partial charge < -0.3 is 9.73 Å². The van der Waals surface area contributed by atoms with Crippen molar-refractivity contribution in [1.29, 1.82) is 0 Å². The Morgan fingerprint density at radius 3 is 2.71 bits per heavy atom. The van der Waals surface area contributed by atoms with Crippen LogP contribution in [0.2, 0.25) is 0 Å². The Kier molecular flexibility index (Phi) is 3.89. The average molecular weight is 363 g/mol. The minimum absolute atomic E-state index is 0.255. The number of para-hydroxylation sites is 1. The van der Waals surface area contributed by atoms with Crippen LogP contribution in [0.3, 0.4) is 0 Å². The van der Waals surface area contributed by atoms with E-state index in [0.717, 1.165) is 15.8 Å². The molecule has 0 aliphatic heterocycles. The number of rotatable bonds is 3. The molecule has 2 nitrogen and oxygen atoms in total. The third-order valence-corrected chi connectivity index (χ3v) is 4.07. The molecule has 90 valence electrons. The van der Waals surface area contributed by atoms with Crippen molar-refractivity contribution in [3.8, 4) is 0 Å². The van der Waals surface area contributed by atoms with Gasteiger partial charge in [0.15, 0.2) is 4.67 Å². The van der Waals surface area contributed by atoms with Gasteiger partial charge in [-0.1, -0.05) is 12.1 Å². The van der Waals surface area contributed by atoms with E-state index in [1.54, 1.807) is 6.07 Å². The van der Waals surface area contributed by atoms with E-state index in [1.165, 1.54) is 6.07 Å². The van der Waals surface area contributed by atoms with Gasteiger partial charge in [0.2, 0.25) is 0 Å².